The molecular weight excluding hydrogens is 895 g/mol. The molecule has 0 fully saturated rings. The minimum Gasteiger partial charge on any atom is -0.422 e. The van der Waals surface area contributed by atoms with E-state index in [4.69, 9.17) is 9.52 Å². The molecule has 0 spiro atoms. The van der Waals surface area contributed by atoms with E-state index in [1.165, 1.54) is 10.8 Å². The Bertz CT molecular complexity index is 4170. The molecule has 0 radical (unpaired) electrons. The van der Waals surface area contributed by atoms with Crippen molar-refractivity contribution in [2.45, 2.75) is 12.3 Å². The van der Waals surface area contributed by atoms with Gasteiger partial charge in [0, 0.05) is 44.6 Å². The maximum Gasteiger partial charge on any atom is 0.347 e. The van der Waals surface area contributed by atoms with E-state index in [0.717, 1.165) is 84.2 Å². The van der Waals surface area contributed by atoms with E-state index in [1.807, 2.05) is 48.0 Å². The molecule has 0 saturated heterocycles. The first-order valence-electron chi connectivity index (χ1n) is 24.7. The summed E-state index contributed by atoms with van der Waals surface area (Å²) in [7, 11) is 0. The summed E-state index contributed by atoms with van der Waals surface area (Å²) in [4.78, 5) is 18.6. The van der Waals surface area contributed by atoms with E-state index in [9.17, 15) is 4.79 Å². The molecular formula is C66H45N5O2. The lowest BCUT2D eigenvalue weighted by Crippen LogP contribution is -2.38. The van der Waals surface area contributed by atoms with Crippen LogP contribution in [-0.4, -0.2) is 14.3 Å². The van der Waals surface area contributed by atoms with Gasteiger partial charge in [0.25, 0.3) is 0 Å². The molecule has 10 aromatic carbocycles. The topological polar surface area (TPSA) is 59.4 Å². The first-order valence-corrected chi connectivity index (χ1v) is 24.7. The molecule has 0 N–H and O–H groups in total. The Kier molecular flexibility index (Phi) is 9.66. The number of benzene rings is 10. The molecule has 0 atom stereocenters. The molecule has 0 saturated carbocycles. The number of anilines is 6. The van der Waals surface area contributed by atoms with Gasteiger partial charge in [0.05, 0.1) is 44.7 Å². The smallest absolute Gasteiger partial charge is 0.347 e. The summed E-state index contributed by atoms with van der Waals surface area (Å²) in [6.45, 7) is 1.87. The zero-order valence-corrected chi connectivity index (χ0v) is 39.8. The van der Waals surface area contributed by atoms with Crippen molar-refractivity contribution in [2.75, 3.05) is 9.80 Å². The lowest BCUT2D eigenvalue weighted by Gasteiger charge is -2.47. The standard InChI is InChI=1S/C66H45N5O2/c1-44-63-64(71(67-44)49-29-15-6-16-30-49)55-41-50(37-40-62(55)73-65(63)72)70-60-38-35-51(68(47-25-11-4-12-26-47)48-27-13-5-14-28-48)42-56(60)66(45-21-7-2-8-22-45,46-23-9-3-10-24-46)57-43-52(36-39-61(57)70)69-58-33-19-17-31-53(58)54-32-18-20-34-59(54)69/h2-43H,1H3. The first-order chi connectivity index (χ1) is 36.1. The largest absolute Gasteiger partial charge is 0.422 e. The fraction of sp³-hybridized carbons (Fsp3) is 0.0303. The van der Waals surface area contributed by atoms with Crippen LogP contribution in [0.3, 0.4) is 0 Å². The molecule has 0 unspecified atom stereocenters. The van der Waals surface area contributed by atoms with Gasteiger partial charge in [-0.3, -0.25) is 0 Å². The number of hydrogen-bond donors (Lipinski definition) is 0. The van der Waals surface area contributed by atoms with Crippen molar-refractivity contribution in [3.8, 4) is 11.4 Å². The lowest BCUT2D eigenvalue weighted by molar-refractivity contribution is 0.569. The second-order valence-corrected chi connectivity index (χ2v) is 18.7. The minimum absolute atomic E-state index is 0.411. The fourth-order valence-corrected chi connectivity index (χ4v) is 11.7. The van der Waals surface area contributed by atoms with Crippen LogP contribution < -0.4 is 15.4 Å². The van der Waals surface area contributed by atoms with E-state index in [2.05, 4.69) is 233 Å². The number of para-hydroxylation sites is 5. The average molecular weight is 940 g/mol. The van der Waals surface area contributed by atoms with Gasteiger partial charge in [-0.1, -0.05) is 152 Å². The molecule has 1 aliphatic heterocycles. The lowest BCUT2D eigenvalue weighted by atomic mass is 9.62. The van der Waals surface area contributed by atoms with Crippen molar-refractivity contribution in [1.29, 1.82) is 0 Å². The van der Waals surface area contributed by atoms with Crippen molar-refractivity contribution < 1.29 is 4.42 Å². The van der Waals surface area contributed by atoms with Gasteiger partial charge >= 0.3 is 5.63 Å². The molecule has 7 nitrogen and oxygen atoms in total. The summed E-state index contributed by atoms with van der Waals surface area (Å²) in [5.74, 6) is 0. The van der Waals surface area contributed by atoms with Crippen LogP contribution in [0.15, 0.2) is 264 Å². The molecule has 73 heavy (non-hydrogen) atoms. The Morgan fingerprint density at radius 3 is 1.56 bits per heavy atom. The molecule has 0 aliphatic carbocycles. The normalized spacial score (nSPS) is 12.9. The van der Waals surface area contributed by atoms with Gasteiger partial charge in [0.1, 0.15) is 11.0 Å². The quantitative estimate of drug-likeness (QED) is 0.142. The predicted octanol–water partition coefficient (Wildman–Crippen LogP) is 16.2. The third-order valence-electron chi connectivity index (χ3n) is 14.7. The molecule has 4 heterocycles. The average Bonchev–Trinajstić information content (AvgIpc) is 3.99. The molecule has 7 heteroatoms. The molecule has 346 valence electrons. The fourth-order valence-electron chi connectivity index (χ4n) is 11.7. The first kappa shape index (κ1) is 42.2. The van der Waals surface area contributed by atoms with Crippen molar-refractivity contribution in [3.05, 3.63) is 293 Å². The summed E-state index contributed by atoms with van der Waals surface area (Å²) in [6, 6.07) is 90.7. The monoisotopic (exact) mass is 939 g/mol. The van der Waals surface area contributed by atoms with Crippen molar-refractivity contribution in [2.24, 2.45) is 0 Å². The van der Waals surface area contributed by atoms with Crippen molar-refractivity contribution in [1.82, 2.24) is 14.3 Å². The number of rotatable bonds is 8. The summed E-state index contributed by atoms with van der Waals surface area (Å²) in [5, 5.41) is 8.60. The van der Waals surface area contributed by atoms with E-state index in [1.54, 1.807) is 0 Å². The molecule has 14 rings (SSSR count). The highest BCUT2D eigenvalue weighted by Gasteiger charge is 2.47. The highest BCUT2D eigenvalue weighted by molar-refractivity contribution is 6.10. The third kappa shape index (κ3) is 6.45. The van der Waals surface area contributed by atoms with Gasteiger partial charge in [-0.2, -0.15) is 5.10 Å². The van der Waals surface area contributed by atoms with Crippen LogP contribution in [0.4, 0.5) is 34.1 Å². The third-order valence-corrected chi connectivity index (χ3v) is 14.7. The van der Waals surface area contributed by atoms with Gasteiger partial charge in [-0.15, -0.1) is 0 Å². The summed E-state index contributed by atoms with van der Waals surface area (Å²) in [6.07, 6.45) is 0. The number of aromatic nitrogens is 3. The maximum absolute atomic E-state index is 13.9. The number of aryl methyl sites for hydroxylation is 1. The highest BCUT2D eigenvalue weighted by Crippen LogP contribution is 2.59. The predicted molar refractivity (Wildman–Crippen MR) is 297 cm³/mol. The van der Waals surface area contributed by atoms with Crippen LogP contribution in [0.1, 0.15) is 27.9 Å². The van der Waals surface area contributed by atoms with Crippen LogP contribution in [0.2, 0.25) is 0 Å². The Morgan fingerprint density at radius 1 is 0.452 bits per heavy atom. The molecule has 13 aromatic rings. The Morgan fingerprint density at radius 2 is 0.959 bits per heavy atom. The van der Waals surface area contributed by atoms with E-state index in [0.29, 0.717) is 22.2 Å². The molecule has 0 amide bonds. The SMILES string of the molecule is Cc1nn(-c2ccccc2)c2c1c(=O)oc1ccc(N3c4ccc(N(c5ccccc5)c5ccccc5)cc4C(c4ccccc4)(c4ccccc4)c4cc(-n5c6ccccc6c6ccccc65)ccc43)cc12. The molecule has 1 aliphatic rings. The second kappa shape index (κ2) is 16.7. The van der Waals surface area contributed by atoms with Crippen molar-refractivity contribution in [3.63, 3.8) is 0 Å². The van der Waals surface area contributed by atoms with E-state index in [-0.39, 0.29) is 0 Å². The van der Waals surface area contributed by atoms with E-state index >= 15 is 0 Å². The summed E-state index contributed by atoms with van der Waals surface area (Å²) in [5.41, 5.74) is 15.2. The van der Waals surface area contributed by atoms with Gasteiger partial charge in [-0.05, 0) is 132 Å². The van der Waals surface area contributed by atoms with Crippen LogP contribution >= 0.6 is 0 Å². The van der Waals surface area contributed by atoms with Gasteiger partial charge in [0.2, 0.25) is 0 Å². The highest BCUT2D eigenvalue weighted by atomic mass is 16.4. The van der Waals surface area contributed by atoms with Crippen LogP contribution in [0.25, 0.3) is 55.1 Å². The van der Waals surface area contributed by atoms with E-state index < -0.39 is 11.0 Å². The van der Waals surface area contributed by atoms with Crippen LogP contribution in [0.5, 0.6) is 0 Å². The Labute approximate surface area is 421 Å². The zero-order valence-electron chi connectivity index (χ0n) is 39.8. The van der Waals surface area contributed by atoms with Crippen LogP contribution in [0, 0.1) is 6.92 Å². The minimum atomic E-state index is -0.854. The van der Waals surface area contributed by atoms with Crippen molar-refractivity contribution >= 4 is 77.8 Å². The van der Waals surface area contributed by atoms with Gasteiger partial charge < -0.3 is 18.8 Å². The Hall–Kier alpha value is -9.72. The molecule has 3 aromatic heterocycles. The molecule has 0 bridgehead atoms. The zero-order chi connectivity index (χ0) is 48.6. The second-order valence-electron chi connectivity index (χ2n) is 18.7. The Balaban J connectivity index is 1.13. The maximum atomic E-state index is 13.9. The summed E-state index contributed by atoms with van der Waals surface area (Å²) < 4.78 is 10.4. The number of hydrogen-bond acceptors (Lipinski definition) is 5. The number of nitrogens with zero attached hydrogens (tertiary/aromatic N) is 5. The number of fused-ring (bicyclic) bond motifs is 8. The van der Waals surface area contributed by atoms with Gasteiger partial charge in [-0.25, -0.2) is 9.48 Å². The summed E-state index contributed by atoms with van der Waals surface area (Å²) >= 11 is 0. The van der Waals surface area contributed by atoms with Crippen LogP contribution in [-0.2, 0) is 5.41 Å². The van der Waals surface area contributed by atoms with Gasteiger partial charge in [0.15, 0.2) is 0 Å².